The molecule has 2 aromatic rings. The predicted molar refractivity (Wildman–Crippen MR) is 138 cm³/mol. The van der Waals surface area contributed by atoms with Gasteiger partial charge in [-0.1, -0.05) is 12.1 Å². The molecule has 0 radical (unpaired) electrons. The summed E-state index contributed by atoms with van der Waals surface area (Å²) in [5, 5.41) is 11.5. The number of methoxy groups -OCH3 is 1. The van der Waals surface area contributed by atoms with Crippen LogP contribution in [0, 0.1) is 5.82 Å². The van der Waals surface area contributed by atoms with Crippen LogP contribution >= 0.6 is 0 Å². The summed E-state index contributed by atoms with van der Waals surface area (Å²) in [7, 11) is 1.48. The van der Waals surface area contributed by atoms with Crippen LogP contribution in [0.1, 0.15) is 18.4 Å². The largest absolute Gasteiger partial charge is 0.492 e. The number of rotatable bonds is 11. The first-order chi connectivity index (χ1) is 17.9. The zero-order valence-electron chi connectivity index (χ0n) is 21.6. The monoisotopic (exact) mass is 515 g/mol. The summed E-state index contributed by atoms with van der Waals surface area (Å²) in [5.41, 5.74) is -0.224. The van der Waals surface area contributed by atoms with Crippen LogP contribution in [0.15, 0.2) is 48.5 Å². The standard InChI is InChI=1S/C28H38FN3O5/c1-35-19-27(33)32-15-14-31(20-28(34,21-32)22-37-26-10-6-24(29)7-11-26)18-23-4-8-25(9-5-23)36-17-16-30-12-2-3-13-30/h4-11,34H,2-3,12-22H2,1H3/t28-/m1/s1. The summed E-state index contributed by atoms with van der Waals surface area (Å²) in [6.07, 6.45) is 2.55. The third-order valence-corrected chi connectivity index (χ3v) is 6.84. The van der Waals surface area contributed by atoms with Crippen LogP contribution in [-0.4, -0.2) is 104 Å². The molecule has 2 heterocycles. The lowest BCUT2D eigenvalue weighted by Crippen LogP contribution is -2.52. The number of benzene rings is 2. The van der Waals surface area contributed by atoms with Gasteiger partial charge in [-0.25, -0.2) is 4.39 Å². The molecule has 2 saturated heterocycles. The summed E-state index contributed by atoms with van der Waals surface area (Å²) < 4.78 is 30.0. The number of hydrogen-bond donors (Lipinski definition) is 1. The van der Waals surface area contributed by atoms with Crippen molar-refractivity contribution in [2.45, 2.75) is 25.0 Å². The maximum atomic E-state index is 13.3. The van der Waals surface area contributed by atoms with E-state index < -0.39 is 5.60 Å². The second-order valence-electron chi connectivity index (χ2n) is 9.97. The second kappa shape index (κ2) is 13.2. The van der Waals surface area contributed by atoms with Gasteiger partial charge in [0.25, 0.3) is 0 Å². The molecule has 1 amide bonds. The number of aliphatic hydroxyl groups is 1. The average molecular weight is 516 g/mol. The van der Waals surface area contributed by atoms with Gasteiger partial charge in [-0.15, -0.1) is 0 Å². The highest BCUT2D eigenvalue weighted by atomic mass is 19.1. The molecule has 0 unspecified atom stereocenters. The van der Waals surface area contributed by atoms with Crippen molar-refractivity contribution in [1.82, 2.24) is 14.7 Å². The lowest BCUT2D eigenvalue weighted by Gasteiger charge is -2.33. The van der Waals surface area contributed by atoms with Crippen molar-refractivity contribution in [3.8, 4) is 11.5 Å². The van der Waals surface area contributed by atoms with E-state index in [0.29, 0.717) is 38.5 Å². The Kier molecular flexibility index (Phi) is 9.74. The third-order valence-electron chi connectivity index (χ3n) is 6.84. The van der Waals surface area contributed by atoms with Gasteiger partial charge >= 0.3 is 0 Å². The number of likely N-dealkylation sites (tertiary alicyclic amines) is 1. The zero-order chi connectivity index (χ0) is 26.1. The maximum Gasteiger partial charge on any atom is 0.248 e. The molecule has 37 heavy (non-hydrogen) atoms. The molecule has 0 aromatic heterocycles. The normalized spacial score (nSPS) is 21.1. The fourth-order valence-electron chi connectivity index (χ4n) is 4.89. The molecular formula is C28H38FN3O5. The van der Waals surface area contributed by atoms with Crippen LogP contribution in [0.4, 0.5) is 4.39 Å². The molecule has 2 aliphatic heterocycles. The first-order valence-corrected chi connectivity index (χ1v) is 13.0. The molecule has 0 bridgehead atoms. The number of β-amino-alcohol motifs (C(OH)–C–C–N with tert-alkyl or cyclic N) is 1. The summed E-state index contributed by atoms with van der Waals surface area (Å²) in [6, 6.07) is 13.7. The van der Waals surface area contributed by atoms with E-state index >= 15 is 0 Å². The quantitative estimate of drug-likeness (QED) is 0.493. The molecule has 0 spiro atoms. The van der Waals surface area contributed by atoms with E-state index in [1.165, 1.54) is 44.2 Å². The molecule has 1 N–H and O–H groups in total. The molecule has 2 aliphatic rings. The molecule has 0 aliphatic carbocycles. The molecule has 1 atom stereocenters. The summed E-state index contributed by atoms with van der Waals surface area (Å²) >= 11 is 0. The van der Waals surface area contributed by atoms with Gasteiger partial charge in [0.15, 0.2) is 0 Å². The molecule has 4 rings (SSSR count). The van der Waals surface area contributed by atoms with Crippen molar-refractivity contribution in [2.75, 3.05) is 72.7 Å². The lowest BCUT2D eigenvalue weighted by atomic mass is 10.0. The van der Waals surface area contributed by atoms with Crippen LogP contribution < -0.4 is 9.47 Å². The summed E-state index contributed by atoms with van der Waals surface area (Å²) in [4.78, 5) is 18.8. The molecular weight excluding hydrogens is 477 g/mol. The van der Waals surface area contributed by atoms with Gasteiger partial charge in [0.05, 0.1) is 6.54 Å². The van der Waals surface area contributed by atoms with E-state index in [1.807, 2.05) is 24.3 Å². The third kappa shape index (κ3) is 8.39. The molecule has 0 saturated carbocycles. The number of carbonyl (C=O) groups excluding carboxylic acids is 1. The van der Waals surface area contributed by atoms with Crippen molar-refractivity contribution in [2.24, 2.45) is 0 Å². The SMILES string of the molecule is COCC(=O)N1CCN(Cc2ccc(OCCN3CCCC3)cc2)C[C@](O)(COc2ccc(F)cc2)C1. The van der Waals surface area contributed by atoms with E-state index in [0.717, 1.165) is 30.9 Å². The van der Waals surface area contributed by atoms with Crippen LogP contribution in [0.25, 0.3) is 0 Å². The molecule has 202 valence electrons. The summed E-state index contributed by atoms with van der Waals surface area (Å²) in [6.45, 7) is 5.99. The van der Waals surface area contributed by atoms with Crippen molar-refractivity contribution < 1.29 is 28.5 Å². The Morgan fingerprint density at radius 2 is 1.59 bits per heavy atom. The fraction of sp³-hybridized carbons (Fsp3) is 0.536. The number of nitrogens with zero attached hydrogens (tertiary/aromatic N) is 3. The van der Waals surface area contributed by atoms with Gasteiger partial charge in [-0.3, -0.25) is 14.6 Å². The van der Waals surface area contributed by atoms with Crippen LogP contribution in [0.2, 0.25) is 0 Å². The number of amides is 1. The number of hydrogen-bond acceptors (Lipinski definition) is 7. The van der Waals surface area contributed by atoms with Crippen molar-refractivity contribution in [3.05, 3.63) is 59.9 Å². The predicted octanol–water partition coefficient (Wildman–Crippen LogP) is 2.40. The highest BCUT2D eigenvalue weighted by molar-refractivity contribution is 5.77. The minimum Gasteiger partial charge on any atom is -0.492 e. The lowest BCUT2D eigenvalue weighted by molar-refractivity contribution is -0.138. The van der Waals surface area contributed by atoms with E-state index in [-0.39, 0.29) is 31.5 Å². The van der Waals surface area contributed by atoms with Crippen LogP contribution in [-0.2, 0) is 16.1 Å². The van der Waals surface area contributed by atoms with E-state index in [2.05, 4.69) is 9.80 Å². The smallest absolute Gasteiger partial charge is 0.248 e. The average Bonchev–Trinajstić information content (AvgIpc) is 3.35. The van der Waals surface area contributed by atoms with Gasteiger partial charge in [0.2, 0.25) is 5.91 Å². The van der Waals surface area contributed by atoms with E-state index in [4.69, 9.17) is 14.2 Å². The van der Waals surface area contributed by atoms with Gasteiger partial charge in [-0.2, -0.15) is 0 Å². The maximum absolute atomic E-state index is 13.3. The Labute approximate surface area is 218 Å². The van der Waals surface area contributed by atoms with Crippen LogP contribution in [0.5, 0.6) is 11.5 Å². The topological polar surface area (TPSA) is 74.7 Å². The Morgan fingerprint density at radius 3 is 2.30 bits per heavy atom. The Bertz CT molecular complexity index is 984. The van der Waals surface area contributed by atoms with E-state index in [1.54, 1.807) is 4.90 Å². The number of halogens is 1. The van der Waals surface area contributed by atoms with Crippen LogP contribution in [0.3, 0.4) is 0 Å². The number of carbonyl (C=O) groups is 1. The minimum absolute atomic E-state index is 0.0321. The Morgan fingerprint density at radius 1 is 0.919 bits per heavy atom. The molecule has 2 aromatic carbocycles. The zero-order valence-corrected chi connectivity index (χ0v) is 21.6. The number of ether oxygens (including phenoxy) is 3. The van der Waals surface area contributed by atoms with Gasteiger partial charge in [-0.05, 0) is 67.9 Å². The minimum atomic E-state index is -1.31. The highest BCUT2D eigenvalue weighted by Gasteiger charge is 2.37. The summed E-state index contributed by atoms with van der Waals surface area (Å²) in [5.74, 6) is 0.770. The first-order valence-electron chi connectivity index (χ1n) is 13.0. The fourth-order valence-corrected chi connectivity index (χ4v) is 4.89. The molecule has 2 fully saturated rings. The van der Waals surface area contributed by atoms with Gasteiger partial charge in [0, 0.05) is 39.8 Å². The Balaban J connectivity index is 1.36. The first kappa shape index (κ1) is 27.3. The Hall–Kier alpha value is -2.72. The molecule has 9 heteroatoms. The van der Waals surface area contributed by atoms with Crippen molar-refractivity contribution in [3.63, 3.8) is 0 Å². The van der Waals surface area contributed by atoms with Crippen molar-refractivity contribution >= 4 is 5.91 Å². The second-order valence-corrected chi connectivity index (χ2v) is 9.97. The van der Waals surface area contributed by atoms with E-state index in [9.17, 15) is 14.3 Å². The van der Waals surface area contributed by atoms with Crippen molar-refractivity contribution in [1.29, 1.82) is 0 Å². The van der Waals surface area contributed by atoms with Gasteiger partial charge in [0.1, 0.15) is 42.7 Å². The molecule has 8 nitrogen and oxygen atoms in total. The van der Waals surface area contributed by atoms with Gasteiger partial charge < -0.3 is 24.2 Å². The highest BCUT2D eigenvalue weighted by Crippen LogP contribution is 2.21.